The molecule has 356 valence electrons. The molecule has 14 heteroatoms. The van der Waals surface area contributed by atoms with Crippen molar-refractivity contribution in [2.45, 2.75) is 175 Å². The first-order valence-corrected chi connectivity index (χ1v) is 25.3. The predicted molar refractivity (Wildman–Crippen MR) is 240 cm³/mol. The second kappa shape index (κ2) is 39.1. The van der Waals surface area contributed by atoms with Gasteiger partial charge in [0.05, 0.1) is 56.6 Å². The Morgan fingerprint density at radius 3 is 1.05 bits per heavy atom. The van der Waals surface area contributed by atoms with Crippen LogP contribution >= 0.6 is 0 Å². The van der Waals surface area contributed by atoms with Gasteiger partial charge in [0.15, 0.2) is 0 Å². The average Bonchev–Trinajstić information content (AvgIpc) is 3.19. The zero-order valence-corrected chi connectivity index (χ0v) is 39.5. The molecule has 0 aliphatic heterocycles. The number of hydrogen-bond acceptors (Lipinski definition) is 12. The van der Waals surface area contributed by atoms with Crippen LogP contribution in [-0.2, 0) is 29.1 Å². The number of aliphatic hydroxyl groups excluding tert-OH is 4. The highest BCUT2D eigenvalue weighted by atomic mass is 32.2. The third-order valence-electron chi connectivity index (χ3n) is 11.2. The van der Waals surface area contributed by atoms with Crippen molar-refractivity contribution in [2.24, 2.45) is 17.8 Å². The lowest BCUT2D eigenvalue weighted by atomic mass is 10.0. The quantitative estimate of drug-likeness (QED) is 0.0328. The molecule has 0 bridgehead atoms. The van der Waals surface area contributed by atoms with Gasteiger partial charge in [0.2, 0.25) is 0 Å². The van der Waals surface area contributed by atoms with Crippen LogP contribution < -0.4 is 0 Å². The topological polar surface area (TPSA) is 179 Å². The number of unbranched alkanes of at least 4 members (excludes halogenated alkanes) is 6. The highest BCUT2D eigenvalue weighted by Crippen LogP contribution is 2.16. The van der Waals surface area contributed by atoms with E-state index in [1.54, 1.807) is 0 Å². The van der Waals surface area contributed by atoms with E-state index in [0.717, 1.165) is 96.4 Å². The number of rotatable bonds is 45. The standard InChI is InChI=1S/C45H94N2O11S/c1-7-13-21-39(10-4)32-56-36-43(49)29-46(28-42(48)35-55-26-20-27-59(52,53)54)24-18-16-17-19-25-47(30-44(50)37-57-33-40(11-5)22-14-8-2)31-45(51)38-58-34-41(12-6)23-15-9-3/h39-45,48-51H,7-38H2,1-6H3,(H,52,53,54). The van der Waals surface area contributed by atoms with Gasteiger partial charge < -0.3 is 39.4 Å². The summed E-state index contributed by atoms with van der Waals surface area (Å²) in [6.45, 7) is 18.8. The minimum atomic E-state index is -4.06. The highest BCUT2D eigenvalue weighted by Gasteiger charge is 2.20. The Morgan fingerprint density at radius 1 is 0.441 bits per heavy atom. The van der Waals surface area contributed by atoms with Crippen molar-refractivity contribution in [2.75, 3.05) is 97.9 Å². The van der Waals surface area contributed by atoms with Crippen LogP contribution in [0, 0.1) is 17.8 Å². The van der Waals surface area contributed by atoms with Crippen LogP contribution in [0.4, 0.5) is 0 Å². The second-order valence-corrected chi connectivity index (χ2v) is 18.7. The lowest BCUT2D eigenvalue weighted by Gasteiger charge is -2.28. The van der Waals surface area contributed by atoms with Gasteiger partial charge in [-0.25, -0.2) is 0 Å². The number of aliphatic hydroxyl groups is 4. The van der Waals surface area contributed by atoms with E-state index in [2.05, 4.69) is 46.4 Å². The molecule has 0 saturated carbocycles. The van der Waals surface area contributed by atoms with Crippen molar-refractivity contribution in [3.05, 3.63) is 0 Å². The molecule has 0 rings (SSSR count). The normalized spacial score (nSPS) is 16.1. The monoisotopic (exact) mass is 871 g/mol. The Bertz CT molecular complexity index is 984. The molecule has 0 aromatic heterocycles. The van der Waals surface area contributed by atoms with Crippen molar-refractivity contribution in [1.82, 2.24) is 9.80 Å². The summed E-state index contributed by atoms with van der Waals surface area (Å²) < 4.78 is 54.2. The fourth-order valence-corrected chi connectivity index (χ4v) is 7.79. The van der Waals surface area contributed by atoms with E-state index >= 15 is 0 Å². The Morgan fingerprint density at radius 2 is 0.763 bits per heavy atom. The van der Waals surface area contributed by atoms with E-state index in [1.807, 2.05) is 4.90 Å². The van der Waals surface area contributed by atoms with E-state index in [-0.39, 0.29) is 46.0 Å². The Kier molecular flexibility index (Phi) is 38.8. The zero-order chi connectivity index (χ0) is 44.2. The lowest BCUT2D eigenvalue weighted by molar-refractivity contribution is -0.0208. The third-order valence-corrected chi connectivity index (χ3v) is 12.0. The predicted octanol–water partition coefficient (Wildman–Crippen LogP) is 6.59. The van der Waals surface area contributed by atoms with Gasteiger partial charge in [0.1, 0.15) is 0 Å². The lowest BCUT2D eigenvalue weighted by Crippen LogP contribution is -2.42. The fraction of sp³-hybridized carbons (Fsp3) is 1.00. The summed E-state index contributed by atoms with van der Waals surface area (Å²) in [4.78, 5) is 4.16. The smallest absolute Gasteiger partial charge is 0.264 e. The van der Waals surface area contributed by atoms with Crippen molar-refractivity contribution in [3.63, 3.8) is 0 Å². The fourth-order valence-electron chi connectivity index (χ4n) is 7.31. The summed E-state index contributed by atoms with van der Waals surface area (Å²) in [6, 6.07) is 0. The van der Waals surface area contributed by atoms with E-state index in [0.29, 0.717) is 63.8 Å². The summed E-state index contributed by atoms with van der Waals surface area (Å²) in [5, 5.41) is 43.6. The molecule has 0 aromatic carbocycles. The molecule has 0 aliphatic rings. The van der Waals surface area contributed by atoms with Gasteiger partial charge in [-0.15, -0.1) is 0 Å². The molecular formula is C45H94N2O11S. The number of ether oxygens (including phenoxy) is 4. The van der Waals surface area contributed by atoms with Gasteiger partial charge in [-0.05, 0) is 69.4 Å². The first-order valence-electron chi connectivity index (χ1n) is 23.7. The molecule has 0 radical (unpaired) electrons. The van der Waals surface area contributed by atoms with E-state index < -0.39 is 40.3 Å². The van der Waals surface area contributed by atoms with Crippen LogP contribution in [0.3, 0.4) is 0 Å². The zero-order valence-electron chi connectivity index (χ0n) is 38.7. The van der Waals surface area contributed by atoms with Gasteiger partial charge in [0.25, 0.3) is 10.1 Å². The van der Waals surface area contributed by atoms with Crippen molar-refractivity contribution < 1.29 is 52.3 Å². The highest BCUT2D eigenvalue weighted by molar-refractivity contribution is 7.85. The van der Waals surface area contributed by atoms with Crippen LogP contribution in [0.25, 0.3) is 0 Å². The molecule has 0 amide bonds. The van der Waals surface area contributed by atoms with Crippen LogP contribution in [-0.4, -0.2) is 165 Å². The molecule has 0 aliphatic carbocycles. The van der Waals surface area contributed by atoms with Gasteiger partial charge in [0, 0.05) is 52.6 Å². The number of hydrogen-bond donors (Lipinski definition) is 5. The van der Waals surface area contributed by atoms with E-state index in [9.17, 15) is 28.8 Å². The molecule has 7 unspecified atom stereocenters. The first-order chi connectivity index (χ1) is 28.3. The molecule has 5 N–H and O–H groups in total. The van der Waals surface area contributed by atoms with Crippen LogP contribution in [0.2, 0.25) is 0 Å². The van der Waals surface area contributed by atoms with E-state index in [4.69, 9.17) is 23.5 Å². The minimum Gasteiger partial charge on any atom is -0.389 e. The molecule has 0 heterocycles. The van der Waals surface area contributed by atoms with Crippen molar-refractivity contribution >= 4 is 10.1 Å². The Hall–Kier alpha value is -0.490. The van der Waals surface area contributed by atoms with Crippen LogP contribution in [0.1, 0.15) is 151 Å². The van der Waals surface area contributed by atoms with Gasteiger partial charge >= 0.3 is 0 Å². The maximum atomic E-state index is 11.0. The van der Waals surface area contributed by atoms with Crippen molar-refractivity contribution in [3.8, 4) is 0 Å². The summed E-state index contributed by atoms with van der Waals surface area (Å²) in [7, 11) is -4.06. The SMILES string of the molecule is CCCCC(CC)COCC(O)CN(CCCCCCN(CC(O)COCC(CC)CCCC)CC(O)COCC(CC)CCCC)CC(O)COCCCS(=O)(=O)O. The summed E-state index contributed by atoms with van der Waals surface area (Å²) >= 11 is 0. The molecule has 0 fully saturated rings. The van der Waals surface area contributed by atoms with Crippen LogP contribution in [0.15, 0.2) is 0 Å². The summed E-state index contributed by atoms with van der Waals surface area (Å²) in [6.07, 6.45) is 14.5. The molecule has 59 heavy (non-hydrogen) atoms. The van der Waals surface area contributed by atoms with Gasteiger partial charge in [-0.3, -0.25) is 14.4 Å². The summed E-state index contributed by atoms with van der Waals surface area (Å²) in [5.41, 5.74) is 0. The maximum absolute atomic E-state index is 11.0. The molecule has 13 nitrogen and oxygen atoms in total. The largest absolute Gasteiger partial charge is 0.389 e. The first kappa shape index (κ1) is 58.5. The van der Waals surface area contributed by atoms with Crippen molar-refractivity contribution in [1.29, 1.82) is 0 Å². The van der Waals surface area contributed by atoms with Gasteiger partial charge in [-0.2, -0.15) is 8.42 Å². The maximum Gasteiger partial charge on any atom is 0.264 e. The Labute approximate surface area is 362 Å². The minimum absolute atomic E-state index is 0.0177. The second-order valence-electron chi connectivity index (χ2n) is 17.1. The Balaban J connectivity index is 5.22. The average molecular weight is 871 g/mol. The summed E-state index contributed by atoms with van der Waals surface area (Å²) in [5.74, 6) is 1.09. The third kappa shape index (κ3) is 36.7. The molecular weight excluding hydrogens is 777 g/mol. The van der Waals surface area contributed by atoms with Gasteiger partial charge in [-0.1, -0.05) is 112 Å². The molecule has 0 aromatic rings. The number of nitrogens with zero attached hydrogens (tertiary/aromatic N) is 2. The molecule has 0 saturated heterocycles. The molecule has 0 spiro atoms. The molecule has 7 atom stereocenters. The van der Waals surface area contributed by atoms with E-state index in [1.165, 1.54) is 12.8 Å². The van der Waals surface area contributed by atoms with Crippen LogP contribution in [0.5, 0.6) is 0 Å².